The maximum Gasteiger partial charge on any atom is 0.329 e. The Morgan fingerprint density at radius 2 is 1.95 bits per heavy atom. The zero-order valence-corrected chi connectivity index (χ0v) is 12.4. The standard InChI is InChI=1S/C14H18N2O5/c1-5-15(14(3,4)13(18)19)12(17)11-7-6-10(16(20)21)8-9(11)2/h6-8H,5H2,1-4H3,(H,18,19). The molecule has 1 amide bonds. The molecule has 0 aromatic heterocycles. The molecule has 7 heteroatoms. The van der Waals surface area contributed by atoms with Crippen LogP contribution in [0.2, 0.25) is 0 Å². The Kier molecular flexibility index (Phi) is 4.67. The number of aryl methyl sites for hydroxylation is 1. The van der Waals surface area contributed by atoms with Crippen LogP contribution >= 0.6 is 0 Å². The van der Waals surface area contributed by atoms with E-state index in [2.05, 4.69) is 0 Å². The van der Waals surface area contributed by atoms with E-state index in [0.29, 0.717) is 5.56 Å². The molecule has 0 aliphatic carbocycles. The van der Waals surface area contributed by atoms with Gasteiger partial charge in [0.1, 0.15) is 5.54 Å². The van der Waals surface area contributed by atoms with Crippen LogP contribution in [0.25, 0.3) is 0 Å². The number of likely N-dealkylation sites (N-methyl/N-ethyl adjacent to an activating group) is 1. The monoisotopic (exact) mass is 294 g/mol. The number of nitrogens with zero attached hydrogens (tertiary/aromatic N) is 2. The lowest BCUT2D eigenvalue weighted by molar-refractivity contribution is -0.384. The lowest BCUT2D eigenvalue weighted by Crippen LogP contribution is -2.53. The Morgan fingerprint density at radius 3 is 2.33 bits per heavy atom. The molecule has 0 radical (unpaired) electrons. The first-order valence-electron chi connectivity index (χ1n) is 6.43. The number of carbonyl (C=O) groups is 2. The van der Waals surface area contributed by atoms with Crippen molar-refractivity contribution >= 4 is 17.6 Å². The second-order valence-corrected chi connectivity index (χ2v) is 5.17. The lowest BCUT2D eigenvalue weighted by Gasteiger charge is -2.34. The summed E-state index contributed by atoms with van der Waals surface area (Å²) in [5, 5.41) is 19.9. The van der Waals surface area contributed by atoms with Crippen molar-refractivity contribution in [3.8, 4) is 0 Å². The van der Waals surface area contributed by atoms with Gasteiger partial charge in [-0.2, -0.15) is 0 Å². The van der Waals surface area contributed by atoms with Gasteiger partial charge in [0.25, 0.3) is 11.6 Å². The van der Waals surface area contributed by atoms with Gasteiger partial charge < -0.3 is 10.0 Å². The SMILES string of the molecule is CCN(C(=O)c1ccc([N+](=O)[O-])cc1C)C(C)(C)C(=O)O. The minimum Gasteiger partial charge on any atom is -0.480 e. The molecule has 1 rings (SSSR count). The van der Waals surface area contributed by atoms with Crippen molar-refractivity contribution in [3.63, 3.8) is 0 Å². The van der Waals surface area contributed by atoms with Gasteiger partial charge in [0, 0.05) is 24.2 Å². The van der Waals surface area contributed by atoms with Gasteiger partial charge in [-0.1, -0.05) is 0 Å². The van der Waals surface area contributed by atoms with Gasteiger partial charge in [0.05, 0.1) is 4.92 Å². The minimum absolute atomic E-state index is 0.107. The first kappa shape index (κ1) is 16.6. The average Bonchev–Trinajstić information content (AvgIpc) is 2.38. The highest BCUT2D eigenvalue weighted by molar-refractivity contribution is 5.99. The summed E-state index contributed by atoms with van der Waals surface area (Å²) in [5.41, 5.74) is -0.768. The summed E-state index contributed by atoms with van der Waals surface area (Å²) in [6, 6.07) is 3.90. The number of hydrogen-bond donors (Lipinski definition) is 1. The first-order chi connectivity index (χ1) is 9.62. The van der Waals surface area contributed by atoms with Gasteiger partial charge in [-0.25, -0.2) is 4.79 Å². The Bertz CT molecular complexity index is 595. The summed E-state index contributed by atoms with van der Waals surface area (Å²) in [6.45, 7) is 6.37. The molecule has 0 heterocycles. The number of carboxylic acid groups (broad SMARTS) is 1. The fourth-order valence-electron chi connectivity index (χ4n) is 2.05. The van der Waals surface area contributed by atoms with Gasteiger partial charge in [-0.05, 0) is 39.3 Å². The van der Waals surface area contributed by atoms with Crippen molar-refractivity contribution in [2.75, 3.05) is 6.54 Å². The fourth-order valence-corrected chi connectivity index (χ4v) is 2.05. The number of carboxylic acids is 1. The fraction of sp³-hybridized carbons (Fsp3) is 0.429. The Balaban J connectivity index is 3.24. The van der Waals surface area contributed by atoms with Crippen LogP contribution in [0.1, 0.15) is 36.7 Å². The average molecular weight is 294 g/mol. The zero-order chi connectivity index (χ0) is 16.4. The quantitative estimate of drug-likeness (QED) is 0.663. The number of carbonyl (C=O) groups excluding carboxylic acids is 1. The predicted octanol–water partition coefficient (Wildman–Crippen LogP) is 2.23. The molecule has 1 aromatic carbocycles. The van der Waals surface area contributed by atoms with Crippen LogP contribution in [0.5, 0.6) is 0 Å². The van der Waals surface area contributed by atoms with Crippen LogP contribution in [0.3, 0.4) is 0 Å². The molecule has 0 spiro atoms. The second-order valence-electron chi connectivity index (χ2n) is 5.17. The topological polar surface area (TPSA) is 101 Å². The third-order valence-corrected chi connectivity index (χ3v) is 3.41. The molecule has 0 fully saturated rings. The Hall–Kier alpha value is -2.44. The molecule has 0 aliphatic rings. The number of benzene rings is 1. The summed E-state index contributed by atoms with van der Waals surface area (Å²) in [7, 11) is 0. The van der Waals surface area contributed by atoms with E-state index in [0.717, 1.165) is 0 Å². The summed E-state index contributed by atoms with van der Waals surface area (Å²) >= 11 is 0. The third-order valence-electron chi connectivity index (χ3n) is 3.41. The van der Waals surface area contributed by atoms with E-state index in [1.807, 2.05) is 0 Å². The van der Waals surface area contributed by atoms with Crippen LogP contribution in [0.15, 0.2) is 18.2 Å². The number of nitro benzene ring substituents is 1. The Labute approximate surface area is 122 Å². The van der Waals surface area contributed by atoms with Crippen molar-refractivity contribution in [1.82, 2.24) is 4.90 Å². The van der Waals surface area contributed by atoms with Crippen LogP contribution in [-0.2, 0) is 4.79 Å². The van der Waals surface area contributed by atoms with Crippen molar-refractivity contribution in [1.29, 1.82) is 0 Å². The Morgan fingerprint density at radius 1 is 1.38 bits per heavy atom. The second kappa shape index (κ2) is 5.90. The molecular formula is C14H18N2O5. The summed E-state index contributed by atoms with van der Waals surface area (Å²) < 4.78 is 0. The number of nitro groups is 1. The molecule has 0 atom stereocenters. The molecule has 0 bridgehead atoms. The van der Waals surface area contributed by atoms with E-state index in [1.54, 1.807) is 13.8 Å². The molecule has 0 saturated carbocycles. The first-order valence-corrected chi connectivity index (χ1v) is 6.43. The molecule has 21 heavy (non-hydrogen) atoms. The summed E-state index contributed by atoms with van der Waals surface area (Å²) in [6.07, 6.45) is 0. The van der Waals surface area contributed by atoms with E-state index < -0.39 is 22.3 Å². The molecular weight excluding hydrogens is 276 g/mol. The molecule has 0 saturated heterocycles. The molecule has 1 aromatic rings. The van der Waals surface area contributed by atoms with E-state index in [4.69, 9.17) is 0 Å². The van der Waals surface area contributed by atoms with Crippen molar-refractivity contribution < 1.29 is 19.6 Å². The maximum absolute atomic E-state index is 12.5. The minimum atomic E-state index is -1.36. The van der Waals surface area contributed by atoms with E-state index in [1.165, 1.54) is 36.9 Å². The van der Waals surface area contributed by atoms with Crippen molar-refractivity contribution in [2.24, 2.45) is 0 Å². The van der Waals surface area contributed by atoms with Gasteiger partial charge in [-0.15, -0.1) is 0 Å². The highest BCUT2D eigenvalue weighted by Gasteiger charge is 2.37. The zero-order valence-electron chi connectivity index (χ0n) is 12.4. The number of amides is 1. The van der Waals surface area contributed by atoms with E-state index in [-0.39, 0.29) is 17.8 Å². The molecule has 1 N–H and O–H groups in total. The van der Waals surface area contributed by atoms with Crippen molar-refractivity contribution in [2.45, 2.75) is 33.2 Å². The number of aliphatic carboxylic acids is 1. The highest BCUT2D eigenvalue weighted by Crippen LogP contribution is 2.22. The van der Waals surface area contributed by atoms with E-state index in [9.17, 15) is 24.8 Å². The maximum atomic E-state index is 12.5. The van der Waals surface area contributed by atoms with Crippen LogP contribution < -0.4 is 0 Å². The van der Waals surface area contributed by atoms with Crippen LogP contribution in [0.4, 0.5) is 5.69 Å². The third kappa shape index (κ3) is 3.18. The normalized spacial score (nSPS) is 11.0. The largest absolute Gasteiger partial charge is 0.480 e. The number of non-ortho nitro benzene ring substituents is 1. The number of rotatable bonds is 5. The molecule has 7 nitrogen and oxygen atoms in total. The smallest absolute Gasteiger partial charge is 0.329 e. The highest BCUT2D eigenvalue weighted by atomic mass is 16.6. The van der Waals surface area contributed by atoms with Crippen LogP contribution in [0, 0.1) is 17.0 Å². The van der Waals surface area contributed by atoms with Gasteiger partial charge >= 0.3 is 5.97 Å². The van der Waals surface area contributed by atoms with Gasteiger partial charge in [0.15, 0.2) is 0 Å². The van der Waals surface area contributed by atoms with Gasteiger partial charge in [0.2, 0.25) is 0 Å². The van der Waals surface area contributed by atoms with Gasteiger partial charge in [-0.3, -0.25) is 14.9 Å². The molecule has 0 aliphatic heterocycles. The summed E-state index contributed by atoms with van der Waals surface area (Å²) in [4.78, 5) is 35.2. The number of hydrogen-bond acceptors (Lipinski definition) is 4. The lowest BCUT2D eigenvalue weighted by atomic mass is 9.99. The van der Waals surface area contributed by atoms with E-state index >= 15 is 0 Å². The molecule has 114 valence electrons. The van der Waals surface area contributed by atoms with Crippen LogP contribution in [-0.4, -0.2) is 38.9 Å². The molecule has 0 unspecified atom stereocenters. The van der Waals surface area contributed by atoms with Crippen molar-refractivity contribution in [3.05, 3.63) is 39.4 Å². The predicted molar refractivity (Wildman–Crippen MR) is 76.3 cm³/mol. The summed E-state index contributed by atoms with van der Waals surface area (Å²) in [5.74, 6) is -1.57.